The molecule has 0 unspecified atom stereocenters. The van der Waals surface area contributed by atoms with Gasteiger partial charge in [0.15, 0.2) is 5.15 Å². The average Bonchev–Trinajstić information content (AvgIpc) is 2.70. The molecule has 7 heteroatoms. The van der Waals surface area contributed by atoms with Gasteiger partial charge in [-0.15, -0.1) is 11.3 Å². The minimum atomic E-state index is -0.214. The first-order valence-electron chi connectivity index (χ1n) is 4.42. The van der Waals surface area contributed by atoms with Gasteiger partial charge in [-0.25, -0.2) is 4.98 Å². The summed E-state index contributed by atoms with van der Waals surface area (Å²) in [5.74, 6) is -0.214. The van der Waals surface area contributed by atoms with Gasteiger partial charge < -0.3 is 5.32 Å². The number of carbonyl (C=O) groups excluding carboxylic acids is 1. The number of amides is 1. The van der Waals surface area contributed by atoms with E-state index in [1.807, 2.05) is 0 Å². The maximum absolute atomic E-state index is 11.9. The maximum Gasteiger partial charge on any atom is 0.256 e. The maximum atomic E-state index is 11.9. The summed E-state index contributed by atoms with van der Waals surface area (Å²) < 4.78 is 1.66. The molecule has 2 aromatic heterocycles. The van der Waals surface area contributed by atoms with Crippen LogP contribution in [-0.4, -0.2) is 10.9 Å². The predicted molar refractivity (Wildman–Crippen MR) is 76.9 cm³/mol. The van der Waals surface area contributed by atoms with Crippen LogP contribution in [0.4, 0.5) is 5.69 Å². The smallest absolute Gasteiger partial charge is 0.256 e. The Morgan fingerprint density at radius 2 is 2.18 bits per heavy atom. The molecule has 0 aliphatic rings. The Bertz CT molecular complexity index is 573. The number of nitrogens with zero attached hydrogens (tertiary/aromatic N) is 1. The molecule has 0 atom stereocenters. The monoisotopic (exact) mass is 394 g/mol. The molecule has 1 N–H and O–H groups in total. The molecular weight excluding hydrogens is 391 g/mol. The predicted octanol–water partition coefficient (Wildman–Crippen LogP) is 4.57. The molecule has 2 aromatic rings. The first-order valence-corrected chi connectivity index (χ1v) is 7.27. The number of anilines is 1. The van der Waals surface area contributed by atoms with Crippen molar-refractivity contribution in [3.8, 4) is 0 Å². The molecule has 0 aromatic carbocycles. The van der Waals surface area contributed by atoms with Crippen molar-refractivity contribution in [2.45, 2.75) is 0 Å². The summed E-state index contributed by atoms with van der Waals surface area (Å²) in [5, 5.41) is 4.73. The quantitative estimate of drug-likeness (QED) is 0.756. The standard InChI is InChI=1S/C10H5Br2ClN2OS/c11-6-2-7(9(13)14-3-6)15-10(16)5-1-8(12)17-4-5/h1-4H,(H,15,16). The number of hydrogen-bond donors (Lipinski definition) is 1. The highest BCUT2D eigenvalue weighted by Gasteiger charge is 2.11. The fourth-order valence-corrected chi connectivity index (χ4v) is 2.75. The Labute approximate surface area is 123 Å². The van der Waals surface area contributed by atoms with Crippen molar-refractivity contribution in [2.24, 2.45) is 0 Å². The van der Waals surface area contributed by atoms with E-state index in [2.05, 4.69) is 42.2 Å². The van der Waals surface area contributed by atoms with Crippen molar-refractivity contribution in [1.82, 2.24) is 4.98 Å². The lowest BCUT2D eigenvalue weighted by atomic mass is 10.3. The van der Waals surface area contributed by atoms with E-state index >= 15 is 0 Å². The minimum absolute atomic E-state index is 0.214. The summed E-state index contributed by atoms with van der Waals surface area (Å²) in [6.45, 7) is 0. The van der Waals surface area contributed by atoms with E-state index in [4.69, 9.17) is 11.6 Å². The first-order chi connectivity index (χ1) is 8.06. The SMILES string of the molecule is O=C(Nc1cc(Br)cnc1Cl)c1csc(Br)c1. The summed E-state index contributed by atoms with van der Waals surface area (Å²) in [7, 11) is 0. The van der Waals surface area contributed by atoms with Gasteiger partial charge in [0.05, 0.1) is 15.0 Å². The average molecular weight is 396 g/mol. The molecule has 2 heterocycles. The van der Waals surface area contributed by atoms with Crippen LogP contribution in [0.2, 0.25) is 5.15 Å². The Morgan fingerprint density at radius 3 is 2.82 bits per heavy atom. The molecule has 0 aliphatic carbocycles. The number of nitrogens with one attached hydrogen (secondary N) is 1. The lowest BCUT2D eigenvalue weighted by Crippen LogP contribution is -2.11. The van der Waals surface area contributed by atoms with Crippen LogP contribution < -0.4 is 5.32 Å². The highest BCUT2D eigenvalue weighted by atomic mass is 79.9. The third-order valence-corrected chi connectivity index (χ3v) is 4.12. The Kier molecular flexibility index (Phi) is 4.19. The van der Waals surface area contributed by atoms with E-state index in [1.165, 1.54) is 11.3 Å². The van der Waals surface area contributed by atoms with E-state index in [0.717, 1.165) is 8.26 Å². The molecule has 0 aliphatic heterocycles. The third-order valence-electron chi connectivity index (χ3n) is 1.88. The Balaban J connectivity index is 2.21. The lowest BCUT2D eigenvalue weighted by molar-refractivity contribution is 0.102. The molecule has 0 spiro atoms. The zero-order chi connectivity index (χ0) is 12.4. The van der Waals surface area contributed by atoms with Gasteiger partial charge in [0.25, 0.3) is 5.91 Å². The van der Waals surface area contributed by atoms with Gasteiger partial charge in [-0.3, -0.25) is 4.79 Å². The van der Waals surface area contributed by atoms with E-state index in [9.17, 15) is 4.79 Å². The van der Waals surface area contributed by atoms with Crippen LogP contribution in [0.15, 0.2) is 32.0 Å². The van der Waals surface area contributed by atoms with Crippen molar-refractivity contribution < 1.29 is 4.79 Å². The molecule has 0 saturated heterocycles. The van der Waals surface area contributed by atoms with Gasteiger partial charge in [-0.05, 0) is 44.0 Å². The number of halogens is 3. The molecular formula is C10H5Br2ClN2OS. The molecule has 0 bridgehead atoms. The summed E-state index contributed by atoms with van der Waals surface area (Å²) in [6, 6.07) is 3.45. The summed E-state index contributed by atoms with van der Waals surface area (Å²) in [5.41, 5.74) is 1.06. The second-order valence-corrected chi connectivity index (χ2v) is 6.65. The van der Waals surface area contributed by atoms with Gasteiger partial charge in [0.2, 0.25) is 0 Å². The summed E-state index contributed by atoms with van der Waals surface area (Å²) in [6.07, 6.45) is 1.57. The van der Waals surface area contributed by atoms with E-state index in [0.29, 0.717) is 11.3 Å². The summed E-state index contributed by atoms with van der Waals surface area (Å²) in [4.78, 5) is 15.8. The van der Waals surface area contributed by atoms with Gasteiger partial charge in [0.1, 0.15) is 0 Å². The van der Waals surface area contributed by atoms with Crippen LogP contribution in [0.25, 0.3) is 0 Å². The van der Waals surface area contributed by atoms with Crippen molar-refractivity contribution >= 4 is 66.4 Å². The van der Waals surface area contributed by atoms with Crippen molar-refractivity contribution in [2.75, 3.05) is 5.32 Å². The zero-order valence-electron chi connectivity index (χ0n) is 8.21. The van der Waals surface area contributed by atoms with Gasteiger partial charge in [-0.1, -0.05) is 11.6 Å². The van der Waals surface area contributed by atoms with E-state index in [-0.39, 0.29) is 11.1 Å². The van der Waals surface area contributed by atoms with Crippen molar-refractivity contribution in [1.29, 1.82) is 0 Å². The van der Waals surface area contributed by atoms with Crippen LogP contribution in [0.3, 0.4) is 0 Å². The normalized spacial score (nSPS) is 10.3. The largest absolute Gasteiger partial charge is 0.319 e. The van der Waals surface area contributed by atoms with Crippen molar-refractivity contribution in [3.63, 3.8) is 0 Å². The van der Waals surface area contributed by atoms with Crippen LogP contribution >= 0.6 is 54.8 Å². The zero-order valence-corrected chi connectivity index (χ0v) is 13.0. The van der Waals surface area contributed by atoms with Gasteiger partial charge >= 0.3 is 0 Å². The van der Waals surface area contributed by atoms with Crippen molar-refractivity contribution in [3.05, 3.63) is 42.7 Å². The Morgan fingerprint density at radius 1 is 1.41 bits per heavy atom. The second-order valence-electron chi connectivity index (χ2n) is 3.09. The molecule has 1 amide bonds. The van der Waals surface area contributed by atoms with Crippen LogP contribution in [0.1, 0.15) is 10.4 Å². The first kappa shape index (κ1) is 13.0. The molecule has 0 radical (unpaired) electrons. The topological polar surface area (TPSA) is 42.0 Å². The van der Waals surface area contributed by atoms with Crippen LogP contribution in [0, 0.1) is 0 Å². The number of hydrogen-bond acceptors (Lipinski definition) is 3. The molecule has 17 heavy (non-hydrogen) atoms. The Hall–Kier alpha value is -0.430. The van der Waals surface area contributed by atoms with E-state index in [1.54, 1.807) is 23.7 Å². The molecule has 0 fully saturated rings. The fraction of sp³-hybridized carbons (Fsp3) is 0. The number of thiophene rings is 1. The second kappa shape index (κ2) is 5.48. The molecule has 88 valence electrons. The molecule has 2 rings (SSSR count). The van der Waals surface area contributed by atoms with Crippen LogP contribution in [-0.2, 0) is 0 Å². The third kappa shape index (κ3) is 3.28. The van der Waals surface area contributed by atoms with Crippen LogP contribution in [0.5, 0.6) is 0 Å². The lowest BCUT2D eigenvalue weighted by Gasteiger charge is -2.05. The summed E-state index contributed by atoms with van der Waals surface area (Å²) >= 11 is 13.9. The van der Waals surface area contributed by atoms with Gasteiger partial charge in [0, 0.05) is 16.0 Å². The highest BCUT2D eigenvalue weighted by Crippen LogP contribution is 2.25. The number of aromatic nitrogens is 1. The fourth-order valence-electron chi connectivity index (χ4n) is 1.13. The number of pyridine rings is 1. The minimum Gasteiger partial charge on any atom is -0.319 e. The number of rotatable bonds is 2. The molecule has 0 saturated carbocycles. The number of carbonyl (C=O) groups is 1. The highest BCUT2D eigenvalue weighted by molar-refractivity contribution is 9.11. The molecule has 3 nitrogen and oxygen atoms in total. The van der Waals surface area contributed by atoms with Gasteiger partial charge in [-0.2, -0.15) is 0 Å². The van der Waals surface area contributed by atoms with E-state index < -0.39 is 0 Å².